The van der Waals surface area contributed by atoms with Gasteiger partial charge in [-0.2, -0.15) is 0 Å². The van der Waals surface area contributed by atoms with Crippen molar-refractivity contribution in [2.75, 3.05) is 11.6 Å². The van der Waals surface area contributed by atoms with E-state index in [2.05, 4.69) is 5.32 Å². The quantitative estimate of drug-likeness (QED) is 0.765. The summed E-state index contributed by atoms with van der Waals surface area (Å²) in [7, 11) is 0. The molecule has 0 aromatic heterocycles. The van der Waals surface area contributed by atoms with Crippen molar-refractivity contribution in [2.24, 2.45) is 5.73 Å². The highest BCUT2D eigenvalue weighted by Crippen LogP contribution is 2.24. The maximum atomic E-state index is 11.5. The van der Waals surface area contributed by atoms with Crippen LogP contribution in [-0.2, 0) is 9.59 Å². The zero-order valence-electron chi connectivity index (χ0n) is 9.03. The molecular weight excluding hydrogens is 224 g/mol. The van der Waals surface area contributed by atoms with E-state index in [4.69, 9.17) is 5.73 Å². The van der Waals surface area contributed by atoms with Crippen molar-refractivity contribution >= 4 is 29.3 Å². The average molecular weight is 238 g/mol. The zero-order valence-corrected chi connectivity index (χ0v) is 9.84. The molecule has 16 heavy (non-hydrogen) atoms. The van der Waals surface area contributed by atoms with Crippen LogP contribution in [0.3, 0.4) is 0 Å². The third kappa shape index (κ3) is 3.94. The number of para-hydroxylation sites is 1. The molecule has 0 aliphatic rings. The number of carbonyl (C=O) groups is 2. The van der Waals surface area contributed by atoms with Crippen LogP contribution in [0.4, 0.5) is 5.69 Å². The largest absolute Gasteiger partial charge is 0.370 e. The van der Waals surface area contributed by atoms with E-state index in [0.717, 1.165) is 10.6 Å². The molecular formula is C11H14N2O2S. The summed E-state index contributed by atoms with van der Waals surface area (Å²) in [6.45, 7) is 0. The second kappa shape index (κ2) is 6.17. The highest BCUT2D eigenvalue weighted by atomic mass is 32.2. The van der Waals surface area contributed by atoms with Crippen LogP contribution in [0.15, 0.2) is 29.2 Å². The molecule has 5 heteroatoms. The Kier molecular flexibility index (Phi) is 4.85. The van der Waals surface area contributed by atoms with Crippen molar-refractivity contribution in [1.82, 2.24) is 0 Å². The number of thioether (sulfide) groups is 1. The Balaban J connectivity index is 2.58. The molecule has 4 nitrogen and oxygen atoms in total. The molecule has 0 fully saturated rings. The van der Waals surface area contributed by atoms with E-state index >= 15 is 0 Å². The topological polar surface area (TPSA) is 72.2 Å². The molecule has 0 saturated carbocycles. The Morgan fingerprint density at radius 3 is 2.62 bits per heavy atom. The van der Waals surface area contributed by atoms with Gasteiger partial charge >= 0.3 is 0 Å². The maximum Gasteiger partial charge on any atom is 0.224 e. The van der Waals surface area contributed by atoms with Gasteiger partial charge in [-0.05, 0) is 18.4 Å². The van der Waals surface area contributed by atoms with Crippen LogP contribution >= 0.6 is 11.8 Å². The Morgan fingerprint density at radius 1 is 1.31 bits per heavy atom. The van der Waals surface area contributed by atoms with Gasteiger partial charge in [0.25, 0.3) is 0 Å². The lowest BCUT2D eigenvalue weighted by Gasteiger charge is -2.08. The van der Waals surface area contributed by atoms with Crippen LogP contribution in [0.5, 0.6) is 0 Å². The lowest BCUT2D eigenvalue weighted by molar-refractivity contribution is -0.122. The summed E-state index contributed by atoms with van der Waals surface area (Å²) in [5, 5.41) is 2.75. The van der Waals surface area contributed by atoms with Crippen molar-refractivity contribution in [2.45, 2.75) is 17.7 Å². The van der Waals surface area contributed by atoms with Crippen LogP contribution in [0, 0.1) is 0 Å². The first-order valence-corrected chi connectivity index (χ1v) is 6.07. The monoisotopic (exact) mass is 238 g/mol. The van der Waals surface area contributed by atoms with Crippen molar-refractivity contribution in [3.63, 3.8) is 0 Å². The fraction of sp³-hybridized carbons (Fsp3) is 0.273. The molecule has 0 aliphatic heterocycles. The van der Waals surface area contributed by atoms with E-state index in [1.807, 2.05) is 30.5 Å². The molecule has 86 valence electrons. The van der Waals surface area contributed by atoms with E-state index in [-0.39, 0.29) is 18.7 Å². The first-order chi connectivity index (χ1) is 7.63. The van der Waals surface area contributed by atoms with Gasteiger partial charge in [0.2, 0.25) is 11.8 Å². The molecule has 0 atom stereocenters. The molecule has 0 heterocycles. The minimum atomic E-state index is -0.465. The molecule has 3 N–H and O–H groups in total. The summed E-state index contributed by atoms with van der Waals surface area (Å²) in [5.41, 5.74) is 5.74. The first kappa shape index (κ1) is 12.6. The van der Waals surface area contributed by atoms with Gasteiger partial charge in [0.05, 0.1) is 5.69 Å². The number of hydrogen-bond donors (Lipinski definition) is 2. The van der Waals surface area contributed by atoms with Crippen LogP contribution < -0.4 is 11.1 Å². The Labute approximate surface area is 98.6 Å². The maximum absolute atomic E-state index is 11.5. The summed E-state index contributed by atoms with van der Waals surface area (Å²) in [4.78, 5) is 23.0. The van der Waals surface area contributed by atoms with Gasteiger partial charge < -0.3 is 11.1 Å². The Hall–Kier alpha value is -1.49. The predicted octanol–water partition coefficient (Wildman–Crippen LogP) is 1.61. The van der Waals surface area contributed by atoms with E-state index in [0.29, 0.717) is 0 Å². The normalized spacial score (nSPS) is 9.81. The smallest absolute Gasteiger partial charge is 0.224 e. The van der Waals surface area contributed by atoms with Gasteiger partial charge in [-0.1, -0.05) is 12.1 Å². The van der Waals surface area contributed by atoms with Crippen molar-refractivity contribution in [1.29, 1.82) is 0 Å². The van der Waals surface area contributed by atoms with E-state index in [9.17, 15) is 9.59 Å². The second-order valence-corrected chi connectivity index (χ2v) is 4.06. The third-order valence-corrected chi connectivity index (χ3v) is 2.78. The van der Waals surface area contributed by atoms with Gasteiger partial charge in [0, 0.05) is 17.7 Å². The minimum Gasteiger partial charge on any atom is -0.370 e. The predicted molar refractivity (Wildman–Crippen MR) is 65.3 cm³/mol. The van der Waals surface area contributed by atoms with Crippen molar-refractivity contribution in [3.05, 3.63) is 24.3 Å². The van der Waals surface area contributed by atoms with Crippen LogP contribution in [0.25, 0.3) is 0 Å². The molecule has 0 aliphatic carbocycles. The number of hydrogen-bond acceptors (Lipinski definition) is 3. The number of amides is 2. The number of primary amides is 1. The summed E-state index contributed by atoms with van der Waals surface area (Å²) in [6, 6.07) is 7.51. The Bertz CT molecular complexity index is 393. The summed E-state index contributed by atoms with van der Waals surface area (Å²) < 4.78 is 0. The van der Waals surface area contributed by atoms with E-state index in [1.54, 1.807) is 11.8 Å². The molecule has 1 rings (SSSR count). The second-order valence-electron chi connectivity index (χ2n) is 3.21. The molecule has 0 radical (unpaired) electrons. The van der Waals surface area contributed by atoms with Gasteiger partial charge in [-0.25, -0.2) is 0 Å². The minimum absolute atomic E-state index is 0.0767. The van der Waals surface area contributed by atoms with Crippen molar-refractivity contribution < 1.29 is 9.59 Å². The highest BCUT2D eigenvalue weighted by Gasteiger charge is 2.06. The lowest BCUT2D eigenvalue weighted by atomic mass is 10.2. The summed E-state index contributed by atoms with van der Waals surface area (Å²) in [5.74, 6) is -0.659. The average Bonchev–Trinajstić information content (AvgIpc) is 2.27. The fourth-order valence-electron chi connectivity index (χ4n) is 1.20. The molecule has 0 saturated heterocycles. The van der Waals surface area contributed by atoms with Crippen LogP contribution in [0.2, 0.25) is 0 Å². The molecule has 2 amide bonds. The lowest BCUT2D eigenvalue weighted by Crippen LogP contribution is -2.17. The van der Waals surface area contributed by atoms with E-state index < -0.39 is 5.91 Å². The number of anilines is 1. The zero-order chi connectivity index (χ0) is 12.0. The molecule has 0 unspecified atom stereocenters. The van der Waals surface area contributed by atoms with Crippen LogP contribution in [-0.4, -0.2) is 18.1 Å². The third-order valence-electron chi connectivity index (χ3n) is 1.98. The van der Waals surface area contributed by atoms with Gasteiger partial charge in [-0.3, -0.25) is 9.59 Å². The van der Waals surface area contributed by atoms with Crippen LogP contribution in [0.1, 0.15) is 12.8 Å². The van der Waals surface area contributed by atoms with Gasteiger partial charge in [0.1, 0.15) is 0 Å². The van der Waals surface area contributed by atoms with Crippen molar-refractivity contribution in [3.8, 4) is 0 Å². The van der Waals surface area contributed by atoms with Gasteiger partial charge in [0.15, 0.2) is 0 Å². The number of carbonyl (C=O) groups excluding carboxylic acids is 2. The summed E-state index contributed by atoms with van der Waals surface area (Å²) >= 11 is 1.56. The number of nitrogens with one attached hydrogen (secondary N) is 1. The molecule has 0 spiro atoms. The molecule has 0 bridgehead atoms. The highest BCUT2D eigenvalue weighted by molar-refractivity contribution is 7.98. The fourth-order valence-corrected chi connectivity index (χ4v) is 1.75. The number of nitrogens with two attached hydrogens (primary N) is 1. The first-order valence-electron chi connectivity index (χ1n) is 4.84. The SMILES string of the molecule is CSc1ccccc1NC(=O)CCC(N)=O. The molecule has 1 aromatic rings. The number of benzene rings is 1. The standard InChI is InChI=1S/C11H14N2O2S/c1-16-9-5-3-2-4-8(9)13-11(15)7-6-10(12)14/h2-5H,6-7H2,1H3,(H2,12,14)(H,13,15). The van der Waals surface area contributed by atoms with E-state index in [1.165, 1.54) is 0 Å². The number of rotatable bonds is 5. The molecule has 1 aromatic carbocycles. The Morgan fingerprint density at radius 2 is 2.00 bits per heavy atom. The summed E-state index contributed by atoms with van der Waals surface area (Å²) in [6.07, 6.45) is 2.14. The van der Waals surface area contributed by atoms with Gasteiger partial charge in [-0.15, -0.1) is 11.8 Å².